The molecule has 2 aromatic carbocycles. The lowest BCUT2D eigenvalue weighted by atomic mass is 9.96. The van der Waals surface area contributed by atoms with Gasteiger partial charge in [0, 0.05) is 17.0 Å². The van der Waals surface area contributed by atoms with Crippen molar-refractivity contribution in [1.82, 2.24) is 19.6 Å². The van der Waals surface area contributed by atoms with Crippen molar-refractivity contribution in [2.45, 2.75) is 50.3 Å². The third-order valence-corrected chi connectivity index (χ3v) is 10.2. The summed E-state index contributed by atoms with van der Waals surface area (Å²) in [5, 5.41) is 21.5. The van der Waals surface area contributed by atoms with Crippen molar-refractivity contribution < 1.29 is 24.2 Å². The van der Waals surface area contributed by atoms with Gasteiger partial charge in [-0.2, -0.15) is 0 Å². The van der Waals surface area contributed by atoms with Crippen LogP contribution in [0.3, 0.4) is 0 Å². The van der Waals surface area contributed by atoms with Crippen LogP contribution in [0.2, 0.25) is 5.02 Å². The second kappa shape index (κ2) is 14.4. The Hall–Kier alpha value is -4.39. The molecule has 0 radical (unpaired) electrons. The Morgan fingerprint density at radius 1 is 1.06 bits per heavy atom. The molecule has 1 aliphatic rings. The van der Waals surface area contributed by atoms with Gasteiger partial charge in [0.1, 0.15) is 11.3 Å². The number of aliphatic hydroxyl groups is 1. The molecule has 248 valence electrons. The summed E-state index contributed by atoms with van der Waals surface area (Å²) in [6, 6.07) is 17.2. The maximum atomic E-state index is 13.9. The topological polar surface area (TPSA) is 119 Å². The molecule has 10 nitrogen and oxygen atoms in total. The highest BCUT2D eigenvalue weighted by atomic mass is 35.5. The predicted octanol–water partition coefficient (Wildman–Crippen LogP) is 7.89. The van der Waals surface area contributed by atoms with Crippen molar-refractivity contribution >= 4 is 62.9 Å². The highest BCUT2D eigenvalue weighted by Gasteiger charge is 2.49. The molecule has 1 fully saturated rings. The molecule has 0 saturated carbocycles. The summed E-state index contributed by atoms with van der Waals surface area (Å²) in [7, 11) is 0. The fourth-order valence-corrected chi connectivity index (χ4v) is 7.39. The van der Waals surface area contributed by atoms with Crippen LogP contribution in [-0.2, 0) is 15.3 Å². The summed E-state index contributed by atoms with van der Waals surface area (Å²) in [5.41, 5.74) is 2.91. The van der Waals surface area contributed by atoms with E-state index >= 15 is 0 Å². The number of aryl methyl sites for hydroxylation is 1. The van der Waals surface area contributed by atoms with Gasteiger partial charge in [-0.3, -0.25) is 18.9 Å². The molecule has 0 bridgehead atoms. The number of pyridine rings is 1. The van der Waals surface area contributed by atoms with Crippen LogP contribution in [0.15, 0.2) is 76.8 Å². The van der Waals surface area contributed by atoms with Gasteiger partial charge in [-0.25, -0.2) is 4.98 Å². The Bertz CT molecular complexity index is 2010. The Morgan fingerprint density at radius 3 is 2.60 bits per heavy atom. The first kappa shape index (κ1) is 33.5. The van der Waals surface area contributed by atoms with E-state index in [1.54, 1.807) is 47.9 Å². The van der Waals surface area contributed by atoms with Crippen molar-refractivity contribution in [2.75, 3.05) is 18.1 Å². The molecule has 1 saturated heterocycles. The van der Waals surface area contributed by atoms with Crippen molar-refractivity contribution in [2.24, 2.45) is 5.92 Å². The summed E-state index contributed by atoms with van der Waals surface area (Å²) in [5.74, 6) is 0.0759. The predicted molar refractivity (Wildman–Crippen MR) is 188 cm³/mol. The number of halogens is 1. The van der Waals surface area contributed by atoms with Gasteiger partial charge in [0.2, 0.25) is 5.13 Å². The Balaban J connectivity index is 1.44. The number of benzene rings is 2. The number of aromatic nitrogens is 4. The maximum Gasteiger partial charge on any atom is 0.301 e. The maximum absolute atomic E-state index is 13.9. The average molecular weight is 704 g/mol. The standard InChI is InChI=1S/C35H34ClN5O5S2/c1-5-45-26-18-23(11-14-25(26)46-17-15-20(2)3)30-28(31(42)29-21(4)37-27-8-6-7-16-40(27)29)32(43)33(44)41(30)34-38-39-35(48-34)47-19-22-9-12-24(36)13-10-22/h6-14,16,18,20,30,42H,5,15,17,19H2,1-4H3. The molecule has 4 heterocycles. The lowest BCUT2D eigenvalue weighted by Gasteiger charge is -2.23. The minimum atomic E-state index is -1.04. The van der Waals surface area contributed by atoms with E-state index in [1.807, 2.05) is 37.3 Å². The minimum absolute atomic E-state index is 0.0877. The van der Waals surface area contributed by atoms with Gasteiger partial charge < -0.3 is 14.6 Å². The SMILES string of the molecule is CCOc1cc(C2C(=C(O)c3c(C)nc4ccccn34)C(=O)C(=O)N2c2nnc(SCc3ccc(Cl)cc3)s2)ccc1OCCC(C)C. The first-order chi connectivity index (χ1) is 23.2. The zero-order chi connectivity index (χ0) is 33.9. The van der Waals surface area contributed by atoms with Crippen molar-refractivity contribution in [1.29, 1.82) is 0 Å². The average Bonchev–Trinajstić information content (AvgIpc) is 3.74. The fourth-order valence-electron chi connectivity index (χ4n) is 5.44. The number of amides is 1. The van der Waals surface area contributed by atoms with Gasteiger partial charge >= 0.3 is 5.91 Å². The van der Waals surface area contributed by atoms with E-state index in [4.69, 9.17) is 21.1 Å². The normalized spacial score (nSPS) is 16.0. The van der Waals surface area contributed by atoms with Crippen LogP contribution in [0.4, 0.5) is 5.13 Å². The van der Waals surface area contributed by atoms with Crippen LogP contribution in [0.1, 0.15) is 55.7 Å². The van der Waals surface area contributed by atoms with Crippen LogP contribution in [0.5, 0.6) is 11.5 Å². The Labute approximate surface area is 291 Å². The van der Waals surface area contributed by atoms with Crippen LogP contribution >= 0.6 is 34.7 Å². The minimum Gasteiger partial charge on any atom is -0.505 e. The number of fused-ring (bicyclic) bond motifs is 1. The van der Waals surface area contributed by atoms with Crippen LogP contribution in [0.25, 0.3) is 11.4 Å². The summed E-state index contributed by atoms with van der Waals surface area (Å²) in [4.78, 5) is 33.7. The second-order valence-electron chi connectivity index (χ2n) is 11.6. The quantitative estimate of drug-likeness (QED) is 0.0455. The number of Topliss-reactive ketones (excluding diaryl/α,β-unsaturated/α-hetero) is 1. The monoisotopic (exact) mass is 703 g/mol. The number of rotatable bonds is 12. The first-order valence-corrected chi connectivity index (χ1v) is 17.7. The lowest BCUT2D eigenvalue weighted by Crippen LogP contribution is -2.29. The number of hydrogen-bond acceptors (Lipinski definition) is 10. The van der Waals surface area contributed by atoms with E-state index in [9.17, 15) is 14.7 Å². The van der Waals surface area contributed by atoms with Crippen molar-refractivity contribution in [3.63, 3.8) is 0 Å². The molecule has 48 heavy (non-hydrogen) atoms. The lowest BCUT2D eigenvalue weighted by molar-refractivity contribution is -0.132. The molecular formula is C35H34ClN5O5S2. The fraction of sp³-hybridized carbons (Fsp3) is 0.286. The van der Waals surface area contributed by atoms with Crippen LogP contribution in [0, 0.1) is 12.8 Å². The van der Waals surface area contributed by atoms with Gasteiger partial charge in [-0.15, -0.1) is 10.2 Å². The zero-order valence-electron chi connectivity index (χ0n) is 26.8. The first-order valence-electron chi connectivity index (χ1n) is 15.5. The molecular weight excluding hydrogens is 670 g/mol. The van der Waals surface area contributed by atoms with Gasteiger partial charge in [0.05, 0.1) is 30.5 Å². The van der Waals surface area contributed by atoms with E-state index in [1.165, 1.54) is 28.0 Å². The second-order valence-corrected chi connectivity index (χ2v) is 14.2. The number of ether oxygens (including phenoxy) is 2. The van der Waals surface area contributed by atoms with Crippen LogP contribution < -0.4 is 14.4 Å². The number of anilines is 1. The highest BCUT2D eigenvalue weighted by Crippen LogP contribution is 2.46. The molecule has 1 aliphatic heterocycles. The molecule has 1 amide bonds. The van der Waals surface area contributed by atoms with Gasteiger partial charge in [0.25, 0.3) is 5.78 Å². The van der Waals surface area contributed by atoms with E-state index in [-0.39, 0.29) is 16.5 Å². The molecule has 0 spiro atoms. The molecule has 5 aromatic rings. The number of hydrogen-bond donors (Lipinski definition) is 1. The number of nitrogens with zero attached hydrogens (tertiary/aromatic N) is 5. The number of carbonyl (C=O) groups excluding carboxylic acids is 2. The molecule has 13 heteroatoms. The summed E-state index contributed by atoms with van der Waals surface area (Å²) in [6.07, 6.45) is 2.61. The number of ketones is 1. The summed E-state index contributed by atoms with van der Waals surface area (Å²) >= 11 is 8.69. The van der Waals surface area contributed by atoms with E-state index in [2.05, 4.69) is 29.0 Å². The third kappa shape index (κ3) is 6.78. The number of thioether (sulfide) groups is 1. The van der Waals surface area contributed by atoms with Gasteiger partial charge in [-0.05, 0) is 73.7 Å². The Kier molecular flexibility index (Phi) is 10.0. The van der Waals surface area contributed by atoms with Crippen LogP contribution in [-0.4, -0.2) is 49.6 Å². The van der Waals surface area contributed by atoms with E-state index in [0.29, 0.717) is 68.3 Å². The zero-order valence-corrected chi connectivity index (χ0v) is 29.2. The molecule has 0 aliphatic carbocycles. The number of aliphatic hydroxyl groups excluding tert-OH is 1. The molecule has 1 unspecified atom stereocenters. The smallest absolute Gasteiger partial charge is 0.301 e. The Morgan fingerprint density at radius 2 is 1.85 bits per heavy atom. The van der Waals surface area contributed by atoms with Gasteiger partial charge in [0.15, 0.2) is 21.6 Å². The number of carbonyl (C=O) groups is 2. The van der Waals surface area contributed by atoms with E-state index < -0.39 is 17.7 Å². The largest absolute Gasteiger partial charge is 0.505 e. The van der Waals surface area contributed by atoms with Gasteiger partial charge in [-0.1, -0.05) is 72.8 Å². The van der Waals surface area contributed by atoms with Crippen molar-refractivity contribution in [3.05, 3.63) is 100.0 Å². The third-order valence-electron chi connectivity index (χ3n) is 7.79. The highest BCUT2D eigenvalue weighted by molar-refractivity contribution is 8.00. The molecule has 1 atom stereocenters. The molecule has 1 N–H and O–H groups in total. The summed E-state index contributed by atoms with van der Waals surface area (Å²) in [6.45, 7) is 8.74. The van der Waals surface area contributed by atoms with Crippen molar-refractivity contribution in [3.8, 4) is 11.5 Å². The molecule has 3 aromatic heterocycles. The van der Waals surface area contributed by atoms with E-state index in [0.717, 1.165) is 12.0 Å². The summed E-state index contributed by atoms with van der Waals surface area (Å²) < 4.78 is 14.4. The molecule has 6 rings (SSSR count). The number of imidazole rings is 1.